The molecule has 40 heavy (non-hydrogen) atoms. The summed E-state index contributed by atoms with van der Waals surface area (Å²) in [4.78, 5) is 26.4. The second kappa shape index (κ2) is 10.0. The van der Waals surface area contributed by atoms with Crippen molar-refractivity contribution < 1.29 is 4.42 Å². The van der Waals surface area contributed by atoms with Crippen LogP contribution in [0.3, 0.4) is 0 Å². The number of rotatable bonds is 6. The smallest absolute Gasteiger partial charge is 0.358 e. The van der Waals surface area contributed by atoms with Gasteiger partial charge in [-0.3, -0.25) is 9.97 Å². The molecule has 0 aliphatic carbocycles. The molecule has 6 aromatic rings. The zero-order valence-corrected chi connectivity index (χ0v) is 20.7. The van der Waals surface area contributed by atoms with Crippen molar-refractivity contribution in [3.05, 3.63) is 122 Å². The molecule has 0 bridgehead atoms. The van der Waals surface area contributed by atoms with Gasteiger partial charge in [0, 0.05) is 49.0 Å². The summed E-state index contributed by atoms with van der Waals surface area (Å²) in [7, 11) is 0. The van der Waals surface area contributed by atoms with E-state index in [0.717, 1.165) is 0 Å². The maximum atomic E-state index is 5.81. The lowest BCUT2D eigenvalue weighted by atomic mass is 9.95. The highest BCUT2D eigenvalue weighted by molar-refractivity contribution is 6.00. The van der Waals surface area contributed by atoms with Gasteiger partial charge < -0.3 is 9.40 Å². The van der Waals surface area contributed by atoms with Crippen LogP contribution in [0.1, 0.15) is 23.3 Å². The molecule has 7 rings (SSSR count). The van der Waals surface area contributed by atoms with Crippen LogP contribution in [0.4, 0.5) is 17.7 Å². The summed E-state index contributed by atoms with van der Waals surface area (Å²) in [5.74, 6) is 1.61. The Balaban J connectivity index is 1.65. The molecule has 7 heterocycles. The number of aromatic nitrogens is 10. The Morgan fingerprint density at radius 2 is 1.70 bits per heavy atom. The second-order valence-electron chi connectivity index (χ2n) is 8.39. The first-order valence-electron chi connectivity index (χ1n) is 12.2. The van der Waals surface area contributed by atoms with Crippen LogP contribution in [0.5, 0.6) is 0 Å². The largest absolute Gasteiger partial charge is 0.408 e. The number of H-pyrrole nitrogens is 1. The van der Waals surface area contributed by atoms with Gasteiger partial charge in [0.1, 0.15) is 17.6 Å². The van der Waals surface area contributed by atoms with Gasteiger partial charge in [0.2, 0.25) is 6.39 Å². The Kier molecular flexibility index (Phi) is 5.78. The fourth-order valence-electron chi connectivity index (χ4n) is 4.56. The zero-order valence-electron chi connectivity index (χ0n) is 20.7. The van der Waals surface area contributed by atoms with Crippen molar-refractivity contribution in [3.8, 4) is 0 Å². The van der Waals surface area contributed by atoms with Crippen LogP contribution in [0.2, 0.25) is 0 Å². The van der Waals surface area contributed by atoms with Gasteiger partial charge in [0.25, 0.3) is 0 Å². The van der Waals surface area contributed by atoms with Crippen molar-refractivity contribution in [3.63, 3.8) is 0 Å². The highest BCUT2D eigenvalue weighted by atomic mass is 16.4. The third-order valence-corrected chi connectivity index (χ3v) is 6.08. The minimum absolute atomic E-state index is 0.153. The van der Waals surface area contributed by atoms with Crippen molar-refractivity contribution in [2.24, 2.45) is 0 Å². The molecule has 0 saturated heterocycles. The molecule has 0 spiro atoms. The normalized spacial score (nSPS) is 15.5. The molecule has 194 valence electrons. The van der Waals surface area contributed by atoms with Crippen LogP contribution in [-0.2, 0) is 0 Å². The molecule has 6 aromatic heterocycles. The zero-order chi connectivity index (χ0) is 26.7. The topological polar surface area (TPSA) is 155 Å². The van der Waals surface area contributed by atoms with E-state index in [-0.39, 0.29) is 6.01 Å². The monoisotopic (exact) mass is 529 g/mol. The average molecular weight is 530 g/mol. The van der Waals surface area contributed by atoms with Gasteiger partial charge in [0.15, 0.2) is 11.6 Å². The van der Waals surface area contributed by atoms with E-state index in [9.17, 15) is 0 Å². The molecule has 0 aromatic carbocycles. The Hall–Kier alpha value is -6.05. The van der Waals surface area contributed by atoms with Gasteiger partial charge in [-0.15, -0.1) is 10.2 Å². The van der Waals surface area contributed by atoms with Crippen molar-refractivity contribution in [2.75, 3.05) is 15.1 Å². The number of aromatic amines is 1. The third kappa shape index (κ3) is 3.96. The van der Waals surface area contributed by atoms with Gasteiger partial charge in [0.05, 0.1) is 17.6 Å². The SMILES string of the molecule is c1ccc(N2C(c3ncccn3)=C(c3cccnn3)C(c3cnccn3)N(c3ccc[nH]3)N2c2nnco2)nc1. The van der Waals surface area contributed by atoms with Crippen LogP contribution in [0.15, 0.2) is 109 Å². The molecule has 1 aliphatic heterocycles. The van der Waals surface area contributed by atoms with E-state index in [0.29, 0.717) is 40.1 Å². The summed E-state index contributed by atoms with van der Waals surface area (Å²) < 4.78 is 5.81. The molecule has 1 unspecified atom stereocenters. The fraction of sp³-hybridized carbons (Fsp3) is 0.0385. The molecule has 0 saturated carbocycles. The standard InChI is InChI=1S/C26H19N13O/c1-2-9-29-20(7-1)38-24(25-31-11-5-12-32-25)22(18-6-3-13-33-35-18)23(19-16-27-14-15-28-19)37(21-8-4-10-30-21)39(38)26-36-34-17-40-26/h1-17,23,30H. The van der Waals surface area contributed by atoms with E-state index in [1.807, 2.05) is 53.7 Å². The van der Waals surface area contributed by atoms with Gasteiger partial charge in [-0.2, -0.15) is 10.2 Å². The fourth-order valence-corrected chi connectivity index (χ4v) is 4.56. The number of nitrogens with zero attached hydrogens (tertiary/aromatic N) is 12. The van der Waals surface area contributed by atoms with Crippen molar-refractivity contribution in [2.45, 2.75) is 6.04 Å². The highest BCUT2D eigenvalue weighted by Gasteiger charge is 2.47. The molecule has 0 amide bonds. The summed E-state index contributed by atoms with van der Waals surface area (Å²) in [5, 5.41) is 22.4. The molecule has 0 radical (unpaired) electrons. The van der Waals surface area contributed by atoms with Crippen molar-refractivity contribution >= 4 is 28.9 Å². The molecule has 1 N–H and O–H groups in total. The first-order chi connectivity index (χ1) is 19.9. The van der Waals surface area contributed by atoms with Gasteiger partial charge >= 0.3 is 6.01 Å². The molecular formula is C26H19N13O. The van der Waals surface area contributed by atoms with E-state index in [2.05, 4.69) is 45.3 Å². The second-order valence-corrected chi connectivity index (χ2v) is 8.39. The molecule has 14 heteroatoms. The maximum absolute atomic E-state index is 5.81. The van der Waals surface area contributed by atoms with Crippen LogP contribution < -0.4 is 15.1 Å². The molecular weight excluding hydrogens is 510 g/mol. The first-order valence-corrected chi connectivity index (χ1v) is 12.2. The molecule has 14 nitrogen and oxygen atoms in total. The van der Waals surface area contributed by atoms with Crippen LogP contribution in [-0.4, -0.2) is 50.3 Å². The maximum Gasteiger partial charge on any atom is 0.358 e. The summed E-state index contributed by atoms with van der Waals surface area (Å²) in [6.45, 7) is 0. The lowest BCUT2D eigenvalue weighted by Crippen LogP contribution is -2.59. The summed E-state index contributed by atoms with van der Waals surface area (Å²) in [6, 6.07) is 14.3. The predicted molar refractivity (Wildman–Crippen MR) is 142 cm³/mol. The quantitative estimate of drug-likeness (QED) is 0.336. The van der Waals surface area contributed by atoms with Crippen LogP contribution in [0, 0.1) is 0 Å². The number of anilines is 3. The summed E-state index contributed by atoms with van der Waals surface area (Å²) in [6.07, 6.45) is 14.7. The van der Waals surface area contributed by atoms with Crippen molar-refractivity contribution in [1.29, 1.82) is 0 Å². The number of hydrogen-bond donors (Lipinski definition) is 1. The van der Waals surface area contributed by atoms with E-state index < -0.39 is 6.04 Å². The van der Waals surface area contributed by atoms with Gasteiger partial charge in [-0.1, -0.05) is 11.2 Å². The highest BCUT2D eigenvalue weighted by Crippen LogP contribution is 2.48. The lowest BCUT2D eigenvalue weighted by molar-refractivity contribution is 0.503. The van der Waals surface area contributed by atoms with E-state index in [1.54, 1.807) is 59.6 Å². The van der Waals surface area contributed by atoms with Crippen molar-refractivity contribution in [1.82, 2.24) is 50.3 Å². The van der Waals surface area contributed by atoms with Crippen LogP contribution in [0.25, 0.3) is 11.3 Å². The Morgan fingerprint density at radius 1 is 0.775 bits per heavy atom. The minimum Gasteiger partial charge on any atom is -0.408 e. The van der Waals surface area contributed by atoms with Crippen LogP contribution >= 0.6 is 0 Å². The third-order valence-electron chi connectivity index (χ3n) is 6.08. The average Bonchev–Trinajstić information content (AvgIpc) is 3.77. The Morgan fingerprint density at radius 3 is 2.40 bits per heavy atom. The molecule has 1 aliphatic rings. The molecule has 0 fully saturated rings. The Labute approximate surface area is 226 Å². The van der Waals surface area contributed by atoms with Gasteiger partial charge in [-0.05, 0) is 42.5 Å². The number of nitrogens with one attached hydrogen (secondary N) is 1. The van der Waals surface area contributed by atoms with E-state index in [4.69, 9.17) is 9.40 Å². The lowest BCUT2D eigenvalue weighted by Gasteiger charge is -2.49. The molecule has 1 atom stereocenters. The minimum atomic E-state index is -0.644. The summed E-state index contributed by atoms with van der Waals surface area (Å²) in [5.41, 5.74) is 2.42. The van der Waals surface area contributed by atoms with Gasteiger partial charge in [-0.25, -0.2) is 25.0 Å². The summed E-state index contributed by atoms with van der Waals surface area (Å²) >= 11 is 0. The number of pyridine rings is 1. The predicted octanol–water partition coefficient (Wildman–Crippen LogP) is 3.14. The Bertz CT molecular complexity index is 1570. The number of hydrazine groups is 2. The van der Waals surface area contributed by atoms with E-state index >= 15 is 0 Å². The van der Waals surface area contributed by atoms with E-state index in [1.165, 1.54) is 6.39 Å². The number of hydrogen-bond acceptors (Lipinski definition) is 13. The first kappa shape index (κ1) is 23.1.